The molecule has 0 spiro atoms. The van der Waals surface area contributed by atoms with Crippen molar-refractivity contribution >= 4 is 11.7 Å². The van der Waals surface area contributed by atoms with Gasteiger partial charge in [-0.3, -0.25) is 0 Å². The fourth-order valence-corrected chi connectivity index (χ4v) is 1.48. The van der Waals surface area contributed by atoms with Gasteiger partial charge in [0.05, 0.1) is 5.56 Å². The summed E-state index contributed by atoms with van der Waals surface area (Å²) in [6, 6.07) is 7.46. The van der Waals surface area contributed by atoms with Crippen molar-refractivity contribution in [2.24, 2.45) is 5.92 Å². The molecule has 0 aliphatic heterocycles. The van der Waals surface area contributed by atoms with Crippen LogP contribution in [0.5, 0.6) is 0 Å². The van der Waals surface area contributed by atoms with Crippen molar-refractivity contribution in [3.05, 3.63) is 29.8 Å². The van der Waals surface area contributed by atoms with Crippen molar-refractivity contribution in [2.75, 3.05) is 5.32 Å². The van der Waals surface area contributed by atoms with Crippen LogP contribution >= 0.6 is 0 Å². The molecule has 1 aromatic rings. The summed E-state index contributed by atoms with van der Waals surface area (Å²) in [4.78, 5) is 10.7. The average Bonchev–Trinajstić information content (AvgIpc) is 2.82. The van der Waals surface area contributed by atoms with E-state index in [1.807, 2.05) is 6.07 Å². The van der Waals surface area contributed by atoms with Crippen molar-refractivity contribution in [3.8, 4) is 0 Å². The monoisotopic (exact) mass is 191 g/mol. The van der Waals surface area contributed by atoms with Crippen molar-refractivity contribution in [2.45, 2.75) is 19.4 Å². The molecule has 1 aromatic carbocycles. The molecule has 0 radical (unpaired) electrons. The Hall–Kier alpha value is -1.51. The minimum atomic E-state index is -0.877. The van der Waals surface area contributed by atoms with E-state index in [9.17, 15) is 4.79 Å². The third kappa shape index (κ3) is 1.87. The smallest absolute Gasteiger partial charge is 0.335 e. The average molecular weight is 191 g/mol. The van der Waals surface area contributed by atoms with Crippen molar-refractivity contribution in [1.82, 2.24) is 0 Å². The summed E-state index contributed by atoms with van der Waals surface area (Å²) >= 11 is 0. The number of anilines is 1. The molecule has 1 fully saturated rings. The van der Waals surface area contributed by atoms with E-state index in [1.54, 1.807) is 18.2 Å². The molecule has 0 saturated heterocycles. The van der Waals surface area contributed by atoms with Crippen LogP contribution in [0.1, 0.15) is 23.7 Å². The topological polar surface area (TPSA) is 49.3 Å². The van der Waals surface area contributed by atoms with E-state index in [1.165, 1.54) is 6.42 Å². The quantitative estimate of drug-likeness (QED) is 0.770. The minimum Gasteiger partial charge on any atom is -0.478 e. The highest BCUT2D eigenvalue weighted by Gasteiger charge is 2.32. The Morgan fingerprint density at radius 2 is 2.29 bits per heavy atom. The molecule has 2 atom stereocenters. The number of benzene rings is 1. The first-order valence-electron chi connectivity index (χ1n) is 4.76. The highest BCUT2D eigenvalue weighted by atomic mass is 16.4. The van der Waals surface area contributed by atoms with Gasteiger partial charge in [0.15, 0.2) is 0 Å². The standard InChI is InChI=1S/C11H13NO2/c1-7-5-10(7)12-9-4-2-3-8(6-9)11(13)14/h2-4,6-7,10,12H,5H2,1H3,(H,13,14). The third-order valence-electron chi connectivity index (χ3n) is 2.57. The minimum absolute atomic E-state index is 0.336. The van der Waals surface area contributed by atoms with E-state index in [-0.39, 0.29) is 0 Å². The lowest BCUT2D eigenvalue weighted by molar-refractivity contribution is 0.0697. The van der Waals surface area contributed by atoms with Crippen LogP contribution in [0, 0.1) is 5.92 Å². The highest BCUT2D eigenvalue weighted by molar-refractivity contribution is 5.88. The number of hydrogen-bond acceptors (Lipinski definition) is 2. The molecular weight excluding hydrogens is 178 g/mol. The SMILES string of the molecule is CC1CC1Nc1cccc(C(=O)O)c1. The first-order valence-corrected chi connectivity index (χ1v) is 4.76. The highest BCUT2D eigenvalue weighted by Crippen LogP contribution is 2.32. The molecule has 3 nitrogen and oxygen atoms in total. The Morgan fingerprint density at radius 3 is 2.86 bits per heavy atom. The number of carboxylic acids is 1. The maximum absolute atomic E-state index is 10.7. The molecule has 0 heterocycles. The van der Waals surface area contributed by atoms with Gasteiger partial charge in [0.1, 0.15) is 0 Å². The predicted octanol–water partition coefficient (Wildman–Crippen LogP) is 2.21. The number of nitrogens with one attached hydrogen (secondary N) is 1. The Bertz CT molecular complexity index is 362. The Kier molecular flexibility index (Phi) is 2.15. The van der Waals surface area contributed by atoms with Crippen molar-refractivity contribution < 1.29 is 9.90 Å². The number of rotatable bonds is 3. The molecule has 0 aromatic heterocycles. The molecule has 0 amide bonds. The lowest BCUT2D eigenvalue weighted by Crippen LogP contribution is -2.04. The summed E-state index contributed by atoms with van der Waals surface area (Å²) in [6.45, 7) is 2.18. The zero-order valence-corrected chi connectivity index (χ0v) is 8.03. The molecule has 1 aliphatic rings. The Balaban J connectivity index is 2.10. The number of aromatic carboxylic acids is 1. The number of carboxylic acid groups (broad SMARTS) is 1. The maximum atomic E-state index is 10.7. The van der Waals surface area contributed by atoms with E-state index in [4.69, 9.17) is 5.11 Å². The molecule has 0 bridgehead atoms. The summed E-state index contributed by atoms with van der Waals surface area (Å²) in [5.74, 6) is -0.166. The van der Waals surface area contributed by atoms with E-state index >= 15 is 0 Å². The van der Waals surface area contributed by atoms with E-state index < -0.39 is 5.97 Å². The molecule has 1 saturated carbocycles. The van der Waals surface area contributed by atoms with Gasteiger partial charge in [-0.15, -0.1) is 0 Å². The van der Waals surface area contributed by atoms with Gasteiger partial charge in [0.2, 0.25) is 0 Å². The second-order valence-electron chi connectivity index (χ2n) is 3.85. The van der Waals surface area contributed by atoms with Crippen LogP contribution in [0.15, 0.2) is 24.3 Å². The lowest BCUT2D eigenvalue weighted by Gasteiger charge is -2.05. The van der Waals surface area contributed by atoms with Crippen LogP contribution in [0.4, 0.5) is 5.69 Å². The van der Waals surface area contributed by atoms with Gasteiger partial charge in [-0.05, 0) is 30.5 Å². The zero-order chi connectivity index (χ0) is 10.1. The van der Waals surface area contributed by atoms with Gasteiger partial charge in [-0.25, -0.2) is 4.79 Å². The second-order valence-corrected chi connectivity index (χ2v) is 3.85. The summed E-state index contributed by atoms with van der Waals surface area (Å²) in [6.07, 6.45) is 1.18. The van der Waals surface area contributed by atoms with E-state index in [0.29, 0.717) is 17.5 Å². The van der Waals surface area contributed by atoms with Crippen LogP contribution in [-0.4, -0.2) is 17.1 Å². The second kappa shape index (κ2) is 3.33. The third-order valence-corrected chi connectivity index (χ3v) is 2.57. The molecular formula is C11H13NO2. The lowest BCUT2D eigenvalue weighted by atomic mass is 10.2. The van der Waals surface area contributed by atoms with Gasteiger partial charge in [0.25, 0.3) is 0 Å². The number of carbonyl (C=O) groups is 1. The van der Waals surface area contributed by atoms with Gasteiger partial charge >= 0.3 is 5.97 Å². The Labute approximate surface area is 82.8 Å². The van der Waals surface area contributed by atoms with Crippen molar-refractivity contribution in [3.63, 3.8) is 0 Å². The summed E-state index contributed by atoms with van der Waals surface area (Å²) in [5, 5.41) is 12.1. The Morgan fingerprint density at radius 1 is 1.57 bits per heavy atom. The fraction of sp³-hybridized carbons (Fsp3) is 0.364. The first-order chi connectivity index (χ1) is 6.66. The predicted molar refractivity (Wildman–Crippen MR) is 54.6 cm³/mol. The molecule has 74 valence electrons. The molecule has 1 aliphatic carbocycles. The zero-order valence-electron chi connectivity index (χ0n) is 8.03. The van der Waals surface area contributed by atoms with Crippen LogP contribution in [0.3, 0.4) is 0 Å². The molecule has 2 rings (SSSR count). The fourth-order valence-electron chi connectivity index (χ4n) is 1.48. The molecule has 3 heteroatoms. The summed E-state index contributed by atoms with van der Waals surface area (Å²) in [5.41, 5.74) is 1.24. The summed E-state index contributed by atoms with van der Waals surface area (Å²) in [7, 11) is 0. The van der Waals surface area contributed by atoms with Gasteiger partial charge in [-0.2, -0.15) is 0 Å². The van der Waals surface area contributed by atoms with Crippen LogP contribution in [0.2, 0.25) is 0 Å². The maximum Gasteiger partial charge on any atom is 0.335 e. The van der Waals surface area contributed by atoms with Crippen LogP contribution in [-0.2, 0) is 0 Å². The van der Waals surface area contributed by atoms with E-state index in [0.717, 1.165) is 5.69 Å². The van der Waals surface area contributed by atoms with Gasteiger partial charge < -0.3 is 10.4 Å². The molecule has 2 unspecified atom stereocenters. The largest absolute Gasteiger partial charge is 0.478 e. The summed E-state index contributed by atoms with van der Waals surface area (Å²) < 4.78 is 0. The first kappa shape index (κ1) is 9.06. The molecule has 14 heavy (non-hydrogen) atoms. The molecule has 2 N–H and O–H groups in total. The van der Waals surface area contributed by atoms with Crippen molar-refractivity contribution in [1.29, 1.82) is 0 Å². The number of hydrogen-bond donors (Lipinski definition) is 2. The van der Waals surface area contributed by atoms with Crippen LogP contribution in [0.25, 0.3) is 0 Å². The normalized spacial score (nSPS) is 24.4. The van der Waals surface area contributed by atoms with E-state index in [2.05, 4.69) is 12.2 Å². The van der Waals surface area contributed by atoms with Gasteiger partial charge in [0, 0.05) is 11.7 Å². The van der Waals surface area contributed by atoms with Gasteiger partial charge in [-0.1, -0.05) is 13.0 Å². The van der Waals surface area contributed by atoms with Crippen LogP contribution < -0.4 is 5.32 Å².